The fourth-order valence-corrected chi connectivity index (χ4v) is 8.49. The van der Waals surface area contributed by atoms with E-state index >= 15 is 0 Å². The Morgan fingerprint density at radius 3 is 2.39 bits per heavy atom. The summed E-state index contributed by atoms with van der Waals surface area (Å²) < 4.78 is 11.9. The monoisotopic (exact) mass is 534 g/mol. The Balaban J connectivity index is 1.76. The van der Waals surface area contributed by atoms with E-state index in [1.807, 2.05) is 20.8 Å². The fourth-order valence-electron chi connectivity index (χ4n) is 8.49. The molecule has 2 fully saturated rings. The summed E-state index contributed by atoms with van der Waals surface area (Å²) in [5.74, 6) is -2.25. The maximum Gasteiger partial charge on any atom is 0.306 e. The van der Waals surface area contributed by atoms with Crippen LogP contribution in [-0.2, 0) is 19.1 Å². The van der Waals surface area contributed by atoms with Crippen molar-refractivity contribution in [2.45, 2.75) is 116 Å². The van der Waals surface area contributed by atoms with E-state index in [9.17, 15) is 30.0 Å². The Morgan fingerprint density at radius 2 is 1.79 bits per heavy atom. The number of unbranched alkanes of at least 4 members (excludes halogenated alkanes) is 4. The van der Waals surface area contributed by atoms with E-state index in [1.165, 1.54) is 6.92 Å². The van der Waals surface area contributed by atoms with Crippen LogP contribution in [0.5, 0.6) is 0 Å². The molecule has 0 heterocycles. The van der Waals surface area contributed by atoms with Crippen molar-refractivity contribution >= 4 is 11.9 Å². The average molecular weight is 535 g/mol. The Bertz CT molecular complexity index is 1020. The number of hydrogen-bond donors (Lipinski definition) is 4. The van der Waals surface area contributed by atoms with E-state index in [4.69, 9.17) is 9.47 Å². The SMILES string of the molecule is CCCCCCCC(=O)O[C@@]12C[C@@H](C)[C@]34C=C(C)[C@H](OC(C)=O)[C@@]3(O)[C@H](O)C(CO)=C[C@H](C4O)[C@@H]1C2(C)C. The summed E-state index contributed by atoms with van der Waals surface area (Å²) in [7, 11) is 0. The summed E-state index contributed by atoms with van der Waals surface area (Å²) in [4.78, 5) is 25.2. The first kappa shape index (κ1) is 29.2. The number of aliphatic hydroxyl groups excluding tert-OH is 3. The standard InChI is InChI=1S/C30H46O8/c1-7-8-9-10-11-12-22(33)38-29-15-18(3)28-14-17(2)26(37-19(4)32)30(28,36)24(34)20(16-31)13-21(25(28)35)23(29)27(29,5)6/h13-14,18,21,23-26,31,34-36H,7-12,15-16H2,1-6H3/t18-,21+,23-,24-,25?,26+,28+,29+,30+/m1/s1. The highest BCUT2D eigenvalue weighted by atomic mass is 16.6. The van der Waals surface area contributed by atoms with Gasteiger partial charge in [-0.05, 0) is 36.8 Å². The normalized spacial score (nSPS) is 42.6. The van der Waals surface area contributed by atoms with Crippen LogP contribution >= 0.6 is 0 Å². The summed E-state index contributed by atoms with van der Waals surface area (Å²) in [5, 5.41) is 46.3. The van der Waals surface area contributed by atoms with Crippen LogP contribution in [0.2, 0.25) is 0 Å². The number of aliphatic hydroxyl groups is 4. The van der Waals surface area contributed by atoms with Crippen LogP contribution in [0.25, 0.3) is 0 Å². The lowest BCUT2D eigenvalue weighted by Crippen LogP contribution is -2.67. The summed E-state index contributed by atoms with van der Waals surface area (Å²) in [6.07, 6.45) is 5.23. The van der Waals surface area contributed by atoms with Gasteiger partial charge in [0.25, 0.3) is 0 Å². The summed E-state index contributed by atoms with van der Waals surface area (Å²) in [6, 6.07) is 0. The molecule has 0 aromatic rings. The van der Waals surface area contributed by atoms with Crippen molar-refractivity contribution in [2.75, 3.05) is 6.61 Å². The van der Waals surface area contributed by atoms with E-state index in [1.54, 1.807) is 19.1 Å². The number of esters is 2. The Morgan fingerprint density at radius 1 is 1.13 bits per heavy atom. The van der Waals surface area contributed by atoms with Crippen molar-refractivity contribution in [3.8, 4) is 0 Å². The van der Waals surface area contributed by atoms with Gasteiger partial charge in [-0.2, -0.15) is 0 Å². The van der Waals surface area contributed by atoms with Crippen molar-refractivity contribution in [2.24, 2.45) is 28.6 Å². The molecule has 4 rings (SSSR count). The number of hydrogen-bond acceptors (Lipinski definition) is 8. The lowest BCUT2D eigenvalue weighted by Gasteiger charge is -2.52. The molecule has 0 amide bonds. The van der Waals surface area contributed by atoms with Crippen LogP contribution < -0.4 is 0 Å². The molecule has 2 saturated carbocycles. The molecule has 214 valence electrons. The molecule has 38 heavy (non-hydrogen) atoms. The molecule has 4 aliphatic rings. The first-order chi connectivity index (χ1) is 17.8. The largest absolute Gasteiger partial charge is 0.458 e. The second-order valence-electron chi connectivity index (χ2n) is 12.8. The molecule has 8 heteroatoms. The third kappa shape index (κ3) is 3.93. The van der Waals surface area contributed by atoms with Crippen molar-refractivity contribution in [1.82, 2.24) is 0 Å². The lowest BCUT2D eigenvalue weighted by molar-refractivity contribution is -0.225. The molecule has 0 aromatic heterocycles. The number of carbonyl (C=O) groups excluding carboxylic acids is 2. The molecule has 0 aromatic carbocycles. The van der Waals surface area contributed by atoms with Gasteiger partial charge < -0.3 is 29.9 Å². The third-order valence-corrected chi connectivity index (χ3v) is 10.3. The van der Waals surface area contributed by atoms with Gasteiger partial charge in [-0.25, -0.2) is 0 Å². The number of carbonyl (C=O) groups is 2. The summed E-state index contributed by atoms with van der Waals surface area (Å²) in [6.45, 7) is 10.5. The van der Waals surface area contributed by atoms with Gasteiger partial charge in [0.15, 0.2) is 6.10 Å². The molecule has 0 aliphatic heterocycles. The highest BCUT2D eigenvalue weighted by Gasteiger charge is 2.83. The minimum atomic E-state index is -2.11. The minimum Gasteiger partial charge on any atom is -0.458 e. The van der Waals surface area contributed by atoms with Gasteiger partial charge in [-0.1, -0.05) is 65.5 Å². The number of fused-ring (bicyclic) bond motifs is 3. The molecule has 1 unspecified atom stereocenters. The summed E-state index contributed by atoms with van der Waals surface area (Å²) >= 11 is 0. The zero-order chi connectivity index (χ0) is 28.3. The van der Waals surface area contributed by atoms with Crippen LogP contribution in [0.3, 0.4) is 0 Å². The number of ether oxygens (including phenoxy) is 2. The lowest BCUT2D eigenvalue weighted by atomic mass is 9.58. The molecule has 0 radical (unpaired) electrons. The van der Waals surface area contributed by atoms with Crippen molar-refractivity contribution in [1.29, 1.82) is 0 Å². The minimum absolute atomic E-state index is 0.159. The van der Waals surface area contributed by atoms with E-state index < -0.39 is 64.8 Å². The smallest absolute Gasteiger partial charge is 0.306 e. The zero-order valence-corrected chi connectivity index (χ0v) is 23.7. The van der Waals surface area contributed by atoms with E-state index in [-0.39, 0.29) is 17.5 Å². The van der Waals surface area contributed by atoms with Crippen molar-refractivity contribution in [3.05, 3.63) is 23.3 Å². The van der Waals surface area contributed by atoms with Crippen LogP contribution in [0.4, 0.5) is 0 Å². The molecule has 2 bridgehead atoms. The van der Waals surface area contributed by atoms with Crippen LogP contribution in [0.15, 0.2) is 23.3 Å². The van der Waals surface area contributed by atoms with E-state index in [0.717, 1.165) is 32.1 Å². The molecular formula is C30H46O8. The molecular weight excluding hydrogens is 488 g/mol. The molecule has 4 aliphatic carbocycles. The molecule has 4 N–H and O–H groups in total. The first-order valence-corrected chi connectivity index (χ1v) is 14.2. The summed E-state index contributed by atoms with van der Waals surface area (Å²) in [5.41, 5.74) is -4.17. The quantitative estimate of drug-likeness (QED) is 0.201. The van der Waals surface area contributed by atoms with Crippen molar-refractivity contribution < 1.29 is 39.5 Å². The van der Waals surface area contributed by atoms with E-state index in [0.29, 0.717) is 18.4 Å². The van der Waals surface area contributed by atoms with Crippen LogP contribution in [0.1, 0.15) is 86.5 Å². The van der Waals surface area contributed by atoms with Crippen LogP contribution in [-0.4, -0.2) is 68.5 Å². The molecule has 9 atom stereocenters. The zero-order valence-electron chi connectivity index (χ0n) is 23.7. The molecule has 0 saturated heterocycles. The Labute approximate surface area is 226 Å². The highest BCUT2D eigenvalue weighted by molar-refractivity contribution is 5.71. The maximum atomic E-state index is 13.1. The average Bonchev–Trinajstić information content (AvgIpc) is 3.24. The first-order valence-electron chi connectivity index (χ1n) is 14.2. The van der Waals surface area contributed by atoms with Crippen LogP contribution in [0, 0.1) is 28.6 Å². The molecule has 8 nitrogen and oxygen atoms in total. The van der Waals surface area contributed by atoms with Gasteiger partial charge in [0.1, 0.15) is 17.3 Å². The molecule has 1 spiro atoms. The fraction of sp³-hybridized carbons (Fsp3) is 0.800. The van der Waals surface area contributed by atoms with Gasteiger partial charge in [0.05, 0.1) is 18.1 Å². The Kier molecular flexibility index (Phi) is 7.71. The van der Waals surface area contributed by atoms with E-state index in [2.05, 4.69) is 6.92 Å². The highest BCUT2D eigenvalue weighted by Crippen LogP contribution is 2.76. The number of rotatable bonds is 9. The van der Waals surface area contributed by atoms with Crippen molar-refractivity contribution in [3.63, 3.8) is 0 Å². The predicted octanol–water partition coefficient (Wildman–Crippen LogP) is 3.20. The second-order valence-corrected chi connectivity index (χ2v) is 12.8. The van der Waals surface area contributed by atoms with Gasteiger partial charge in [0, 0.05) is 30.6 Å². The third-order valence-electron chi connectivity index (χ3n) is 10.3. The van der Waals surface area contributed by atoms with Gasteiger partial charge in [-0.3, -0.25) is 9.59 Å². The topological polar surface area (TPSA) is 134 Å². The second kappa shape index (κ2) is 10.0. The predicted molar refractivity (Wildman–Crippen MR) is 141 cm³/mol. The van der Waals surface area contributed by atoms with Gasteiger partial charge in [0.2, 0.25) is 0 Å². The maximum absolute atomic E-state index is 13.1. The Hall–Kier alpha value is -1.74. The van der Waals surface area contributed by atoms with Gasteiger partial charge in [-0.15, -0.1) is 0 Å². The van der Waals surface area contributed by atoms with Gasteiger partial charge >= 0.3 is 11.9 Å².